The van der Waals surface area contributed by atoms with Crippen LogP contribution in [0.5, 0.6) is 0 Å². The Balaban J connectivity index is 2.19. The number of fused-ring (bicyclic) bond motifs is 1. The van der Waals surface area contributed by atoms with Crippen LogP contribution in [0.4, 0.5) is 0 Å². The van der Waals surface area contributed by atoms with E-state index in [9.17, 15) is 4.79 Å². The molecule has 2 saturated carbocycles. The standard InChI is InChI=1S/C8H12O/c1-8-5-6(8)3-2-4-7(8)9/h6H,2-5H2,1H3/t6-,8+/m0/s1. The Labute approximate surface area is 55.4 Å². The highest BCUT2D eigenvalue weighted by Crippen LogP contribution is 2.58. The summed E-state index contributed by atoms with van der Waals surface area (Å²) in [5, 5.41) is 0. The summed E-state index contributed by atoms with van der Waals surface area (Å²) in [4.78, 5) is 11.2. The first-order valence-electron chi connectivity index (χ1n) is 3.77. The zero-order valence-corrected chi connectivity index (χ0v) is 5.81. The van der Waals surface area contributed by atoms with E-state index < -0.39 is 0 Å². The van der Waals surface area contributed by atoms with Crippen LogP contribution < -0.4 is 0 Å². The van der Waals surface area contributed by atoms with Crippen LogP contribution >= 0.6 is 0 Å². The molecule has 0 aromatic heterocycles. The number of hydrogen-bond acceptors (Lipinski definition) is 1. The Morgan fingerprint density at radius 2 is 2.44 bits per heavy atom. The zero-order chi connectivity index (χ0) is 6.48. The second kappa shape index (κ2) is 1.39. The van der Waals surface area contributed by atoms with E-state index in [0.29, 0.717) is 5.78 Å². The van der Waals surface area contributed by atoms with Gasteiger partial charge in [0.2, 0.25) is 0 Å². The van der Waals surface area contributed by atoms with Crippen molar-refractivity contribution in [3.63, 3.8) is 0 Å². The monoisotopic (exact) mass is 124 g/mol. The molecule has 0 heterocycles. The van der Waals surface area contributed by atoms with Crippen LogP contribution in [0.15, 0.2) is 0 Å². The van der Waals surface area contributed by atoms with Crippen molar-refractivity contribution in [2.24, 2.45) is 11.3 Å². The number of hydrogen-bond donors (Lipinski definition) is 0. The third kappa shape index (κ3) is 0.577. The van der Waals surface area contributed by atoms with Crippen LogP contribution in [0.25, 0.3) is 0 Å². The van der Waals surface area contributed by atoms with Crippen molar-refractivity contribution in [2.75, 3.05) is 0 Å². The average molecular weight is 124 g/mol. The van der Waals surface area contributed by atoms with Gasteiger partial charge in [-0.2, -0.15) is 0 Å². The molecule has 0 aromatic rings. The summed E-state index contributed by atoms with van der Waals surface area (Å²) >= 11 is 0. The van der Waals surface area contributed by atoms with Gasteiger partial charge in [0.15, 0.2) is 0 Å². The maximum absolute atomic E-state index is 11.2. The average Bonchev–Trinajstić information content (AvgIpc) is 2.44. The summed E-state index contributed by atoms with van der Waals surface area (Å²) < 4.78 is 0. The fourth-order valence-electron chi connectivity index (χ4n) is 2.01. The molecule has 2 atom stereocenters. The molecule has 0 aromatic carbocycles. The summed E-state index contributed by atoms with van der Waals surface area (Å²) in [6.45, 7) is 2.12. The van der Waals surface area contributed by atoms with Crippen molar-refractivity contribution in [1.82, 2.24) is 0 Å². The molecule has 0 saturated heterocycles. The quantitative estimate of drug-likeness (QED) is 0.481. The Morgan fingerprint density at radius 3 is 3.00 bits per heavy atom. The molecule has 0 unspecified atom stereocenters. The molecule has 1 heteroatoms. The minimum absolute atomic E-state index is 0.165. The van der Waals surface area contributed by atoms with Crippen molar-refractivity contribution >= 4 is 5.78 Å². The number of rotatable bonds is 0. The van der Waals surface area contributed by atoms with Crippen molar-refractivity contribution in [1.29, 1.82) is 0 Å². The molecule has 2 aliphatic rings. The first-order chi connectivity index (χ1) is 4.23. The number of carbonyl (C=O) groups excluding carboxylic acids is 1. The normalized spacial score (nSPS) is 48.6. The Bertz CT molecular complexity index is 162. The molecule has 1 nitrogen and oxygen atoms in total. The van der Waals surface area contributed by atoms with Crippen molar-refractivity contribution in [2.45, 2.75) is 32.6 Å². The second-order valence-electron chi connectivity index (χ2n) is 3.63. The Morgan fingerprint density at radius 1 is 1.67 bits per heavy atom. The third-order valence-corrected chi connectivity index (χ3v) is 3.00. The summed E-state index contributed by atoms with van der Waals surface area (Å²) in [6.07, 6.45) is 4.50. The van der Waals surface area contributed by atoms with E-state index >= 15 is 0 Å². The summed E-state index contributed by atoms with van der Waals surface area (Å²) in [6, 6.07) is 0. The van der Waals surface area contributed by atoms with Gasteiger partial charge in [0, 0.05) is 11.8 Å². The van der Waals surface area contributed by atoms with E-state index in [-0.39, 0.29) is 5.41 Å². The van der Waals surface area contributed by atoms with Crippen LogP contribution in [0.3, 0.4) is 0 Å². The van der Waals surface area contributed by atoms with Gasteiger partial charge in [-0.15, -0.1) is 0 Å². The fraction of sp³-hybridized carbons (Fsp3) is 0.875. The molecular weight excluding hydrogens is 112 g/mol. The van der Waals surface area contributed by atoms with Gasteiger partial charge in [-0.3, -0.25) is 4.79 Å². The predicted octanol–water partition coefficient (Wildman–Crippen LogP) is 1.77. The maximum atomic E-state index is 11.2. The van der Waals surface area contributed by atoms with Crippen LogP contribution in [-0.2, 0) is 4.79 Å². The van der Waals surface area contributed by atoms with Crippen LogP contribution in [0.2, 0.25) is 0 Å². The lowest BCUT2D eigenvalue weighted by Crippen LogP contribution is -2.18. The van der Waals surface area contributed by atoms with Gasteiger partial charge >= 0.3 is 0 Å². The van der Waals surface area contributed by atoms with E-state index in [2.05, 4.69) is 6.92 Å². The number of ketones is 1. The van der Waals surface area contributed by atoms with Crippen molar-refractivity contribution in [3.05, 3.63) is 0 Å². The highest BCUT2D eigenvalue weighted by atomic mass is 16.1. The molecule has 2 rings (SSSR count). The van der Waals surface area contributed by atoms with Crippen LogP contribution in [-0.4, -0.2) is 5.78 Å². The largest absolute Gasteiger partial charge is 0.299 e. The predicted molar refractivity (Wildman–Crippen MR) is 35.1 cm³/mol. The van der Waals surface area contributed by atoms with Gasteiger partial charge in [-0.25, -0.2) is 0 Å². The van der Waals surface area contributed by atoms with Gasteiger partial charge in [0.1, 0.15) is 5.78 Å². The van der Waals surface area contributed by atoms with Crippen LogP contribution in [0, 0.1) is 11.3 Å². The van der Waals surface area contributed by atoms with Gasteiger partial charge in [0.25, 0.3) is 0 Å². The van der Waals surface area contributed by atoms with E-state index in [0.717, 1.165) is 18.8 Å². The van der Waals surface area contributed by atoms with E-state index in [1.165, 1.54) is 12.8 Å². The third-order valence-electron chi connectivity index (χ3n) is 3.00. The Kier molecular flexibility index (Phi) is 0.842. The van der Waals surface area contributed by atoms with Gasteiger partial charge in [-0.05, 0) is 25.2 Å². The highest BCUT2D eigenvalue weighted by molar-refractivity contribution is 5.88. The first-order valence-corrected chi connectivity index (χ1v) is 3.77. The summed E-state index contributed by atoms with van der Waals surface area (Å²) in [5.41, 5.74) is 0.165. The maximum Gasteiger partial charge on any atom is 0.139 e. The van der Waals surface area contributed by atoms with E-state index in [4.69, 9.17) is 0 Å². The molecule has 0 spiro atoms. The lowest BCUT2D eigenvalue weighted by atomic mass is 9.89. The first kappa shape index (κ1) is 5.45. The molecule has 0 amide bonds. The summed E-state index contributed by atoms with van der Waals surface area (Å²) in [7, 11) is 0. The molecule has 0 N–H and O–H groups in total. The minimum Gasteiger partial charge on any atom is -0.299 e. The SMILES string of the molecule is C[C@@]12C[C@@H]1CCCC2=O. The topological polar surface area (TPSA) is 17.1 Å². The van der Waals surface area contributed by atoms with Gasteiger partial charge < -0.3 is 0 Å². The van der Waals surface area contributed by atoms with Gasteiger partial charge in [0.05, 0.1) is 0 Å². The smallest absolute Gasteiger partial charge is 0.139 e. The molecular formula is C8H12O. The summed E-state index contributed by atoms with van der Waals surface area (Å²) in [5.74, 6) is 1.30. The minimum atomic E-state index is 0.165. The second-order valence-corrected chi connectivity index (χ2v) is 3.63. The zero-order valence-electron chi connectivity index (χ0n) is 5.81. The number of carbonyl (C=O) groups is 1. The molecule has 2 fully saturated rings. The lowest BCUT2D eigenvalue weighted by Gasteiger charge is -2.14. The van der Waals surface area contributed by atoms with Crippen LogP contribution in [0.1, 0.15) is 32.6 Å². The lowest BCUT2D eigenvalue weighted by molar-refractivity contribution is -0.125. The number of Topliss-reactive ketones (excluding diaryl/α,β-unsaturated/α-hetero) is 1. The highest BCUT2D eigenvalue weighted by Gasteiger charge is 2.56. The Hall–Kier alpha value is -0.330. The van der Waals surface area contributed by atoms with E-state index in [1.807, 2.05) is 0 Å². The molecule has 9 heavy (non-hydrogen) atoms. The van der Waals surface area contributed by atoms with Crippen molar-refractivity contribution < 1.29 is 4.79 Å². The van der Waals surface area contributed by atoms with Gasteiger partial charge in [-0.1, -0.05) is 6.92 Å². The molecule has 50 valence electrons. The molecule has 0 bridgehead atoms. The van der Waals surface area contributed by atoms with E-state index in [1.54, 1.807) is 0 Å². The molecule has 0 radical (unpaired) electrons. The van der Waals surface area contributed by atoms with Crippen molar-refractivity contribution in [3.8, 4) is 0 Å². The fourth-order valence-corrected chi connectivity index (χ4v) is 2.01. The molecule has 0 aliphatic heterocycles. The molecule has 2 aliphatic carbocycles.